The van der Waals surface area contributed by atoms with Gasteiger partial charge in [0.05, 0.1) is 4.92 Å². The molecule has 0 N–H and O–H groups in total. The molecular weight excluding hydrogens is 268 g/mol. The first-order chi connectivity index (χ1) is 9.95. The molecule has 0 saturated carbocycles. The number of nitro benzene ring substituents is 1. The Balaban J connectivity index is 2.21. The van der Waals surface area contributed by atoms with Crippen molar-refractivity contribution in [2.75, 3.05) is 0 Å². The van der Waals surface area contributed by atoms with Gasteiger partial charge in [0, 0.05) is 23.3 Å². The van der Waals surface area contributed by atoms with Gasteiger partial charge in [0.2, 0.25) is 5.89 Å². The van der Waals surface area contributed by atoms with Crippen LogP contribution in [-0.4, -0.2) is 9.91 Å². The molecule has 1 aromatic heterocycles. The first-order valence-corrected chi connectivity index (χ1v) is 6.59. The molecule has 3 aromatic rings. The average molecular weight is 282 g/mol. The van der Waals surface area contributed by atoms with Crippen LogP contribution in [0.4, 0.5) is 5.69 Å². The summed E-state index contributed by atoms with van der Waals surface area (Å²) in [6.45, 7) is 5.80. The molecule has 0 amide bonds. The van der Waals surface area contributed by atoms with Crippen LogP contribution >= 0.6 is 0 Å². The Hall–Kier alpha value is -2.69. The van der Waals surface area contributed by atoms with Crippen LogP contribution in [0.5, 0.6) is 0 Å². The summed E-state index contributed by atoms with van der Waals surface area (Å²) < 4.78 is 5.81. The topological polar surface area (TPSA) is 69.2 Å². The third kappa shape index (κ3) is 2.27. The van der Waals surface area contributed by atoms with Crippen LogP contribution in [0.2, 0.25) is 0 Å². The standard InChI is InChI=1S/C16H14N2O3/c1-9-4-5-13(10(2)6-9)16-17-14-8-12(18(19)20)7-11(3)15(14)21-16/h4-8H,1-3H3. The predicted octanol–water partition coefficient (Wildman–Crippen LogP) is 4.33. The number of nitrogens with zero attached hydrogens (tertiary/aromatic N) is 2. The first-order valence-electron chi connectivity index (χ1n) is 6.59. The number of aromatic nitrogens is 1. The molecule has 5 nitrogen and oxygen atoms in total. The second-order valence-electron chi connectivity index (χ2n) is 5.21. The maximum Gasteiger partial charge on any atom is 0.272 e. The Kier molecular flexibility index (Phi) is 2.97. The molecule has 0 bridgehead atoms. The van der Waals surface area contributed by atoms with Crippen LogP contribution in [-0.2, 0) is 0 Å². The molecule has 0 aliphatic heterocycles. The van der Waals surface area contributed by atoms with Crippen molar-refractivity contribution in [3.63, 3.8) is 0 Å². The Morgan fingerprint density at radius 1 is 1.10 bits per heavy atom. The lowest BCUT2D eigenvalue weighted by molar-refractivity contribution is -0.384. The molecule has 2 aromatic carbocycles. The molecule has 0 atom stereocenters. The third-order valence-electron chi connectivity index (χ3n) is 3.48. The van der Waals surface area contributed by atoms with Crippen molar-refractivity contribution in [3.05, 3.63) is 57.1 Å². The van der Waals surface area contributed by atoms with Gasteiger partial charge < -0.3 is 4.42 Å². The quantitative estimate of drug-likeness (QED) is 0.518. The third-order valence-corrected chi connectivity index (χ3v) is 3.48. The molecule has 0 aliphatic carbocycles. The number of rotatable bonds is 2. The summed E-state index contributed by atoms with van der Waals surface area (Å²) in [5.41, 5.74) is 4.97. The highest BCUT2D eigenvalue weighted by Crippen LogP contribution is 2.31. The van der Waals surface area contributed by atoms with Crippen LogP contribution in [0.3, 0.4) is 0 Å². The summed E-state index contributed by atoms with van der Waals surface area (Å²) in [6, 6.07) is 8.95. The molecule has 0 aliphatic rings. The van der Waals surface area contributed by atoms with Gasteiger partial charge in [0.1, 0.15) is 5.52 Å². The highest BCUT2D eigenvalue weighted by atomic mass is 16.6. The smallest absolute Gasteiger partial charge is 0.272 e. The van der Waals surface area contributed by atoms with Gasteiger partial charge in [-0.25, -0.2) is 4.98 Å². The van der Waals surface area contributed by atoms with Gasteiger partial charge in [-0.05, 0) is 32.4 Å². The van der Waals surface area contributed by atoms with Gasteiger partial charge in [-0.3, -0.25) is 10.1 Å². The van der Waals surface area contributed by atoms with E-state index in [1.54, 1.807) is 6.92 Å². The first kappa shape index (κ1) is 13.3. The van der Waals surface area contributed by atoms with Crippen molar-refractivity contribution < 1.29 is 9.34 Å². The van der Waals surface area contributed by atoms with Gasteiger partial charge in [0.15, 0.2) is 5.58 Å². The number of benzene rings is 2. The van der Waals surface area contributed by atoms with E-state index in [2.05, 4.69) is 11.1 Å². The van der Waals surface area contributed by atoms with Gasteiger partial charge in [0.25, 0.3) is 5.69 Å². The van der Waals surface area contributed by atoms with E-state index in [9.17, 15) is 10.1 Å². The van der Waals surface area contributed by atoms with Crippen molar-refractivity contribution >= 4 is 16.8 Å². The van der Waals surface area contributed by atoms with E-state index < -0.39 is 4.92 Å². The Bertz CT molecular complexity index is 865. The zero-order chi connectivity index (χ0) is 15.1. The van der Waals surface area contributed by atoms with E-state index in [1.165, 1.54) is 17.7 Å². The van der Waals surface area contributed by atoms with Crippen LogP contribution < -0.4 is 0 Å². The molecule has 0 saturated heterocycles. The lowest BCUT2D eigenvalue weighted by Gasteiger charge is -2.02. The Morgan fingerprint density at radius 3 is 2.52 bits per heavy atom. The molecule has 1 heterocycles. The summed E-state index contributed by atoms with van der Waals surface area (Å²) in [4.78, 5) is 14.9. The van der Waals surface area contributed by atoms with Gasteiger partial charge in [-0.2, -0.15) is 0 Å². The maximum absolute atomic E-state index is 10.9. The van der Waals surface area contributed by atoms with Gasteiger partial charge in [-0.1, -0.05) is 17.7 Å². The van der Waals surface area contributed by atoms with E-state index in [-0.39, 0.29) is 5.69 Å². The minimum atomic E-state index is -0.419. The van der Waals surface area contributed by atoms with Crippen molar-refractivity contribution in [1.29, 1.82) is 0 Å². The van der Waals surface area contributed by atoms with E-state index in [1.807, 2.05) is 26.0 Å². The number of aryl methyl sites for hydroxylation is 3. The zero-order valence-electron chi connectivity index (χ0n) is 12.0. The van der Waals surface area contributed by atoms with Crippen LogP contribution in [0.25, 0.3) is 22.6 Å². The summed E-state index contributed by atoms with van der Waals surface area (Å²) in [6.07, 6.45) is 0. The molecule has 21 heavy (non-hydrogen) atoms. The van der Waals surface area contributed by atoms with Crippen molar-refractivity contribution in [1.82, 2.24) is 4.98 Å². The molecule has 5 heteroatoms. The fourth-order valence-electron chi connectivity index (χ4n) is 2.46. The molecule has 3 rings (SSSR count). The van der Waals surface area contributed by atoms with E-state index in [0.717, 1.165) is 11.1 Å². The molecule has 0 fully saturated rings. The van der Waals surface area contributed by atoms with Crippen LogP contribution in [0.1, 0.15) is 16.7 Å². The Morgan fingerprint density at radius 2 is 1.86 bits per heavy atom. The lowest BCUT2D eigenvalue weighted by Crippen LogP contribution is -1.88. The maximum atomic E-state index is 10.9. The summed E-state index contributed by atoms with van der Waals surface area (Å²) in [5, 5.41) is 10.9. The Labute approximate surface area is 121 Å². The van der Waals surface area contributed by atoms with Gasteiger partial charge in [-0.15, -0.1) is 0 Å². The summed E-state index contributed by atoms with van der Waals surface area (Å²) in [5.74, 6) is 0.492. The summed E-state index contributed by atoms with van der Waals surface area (Å²) in [7, 11) is 0. The highest BCUT2D eigenvalue weighted by molar-refractivity contribution is 5.82. The van der Waals surface area contributed by atoms with Crippen LogP contribution in [0, 0.1) is 30.9 Å². The van der Waals surface area contributed by atoms with E-state index in [4.69, 9.17) is 4.42 Å². The van der Waals surface area contributed by atoms with Crippen molar-refractivity contribution in [2.24, 2.45) is 0 Å². The fourth-order valence-corrected chi connectivity index (χ4v) is 2.46. The van der Waals surface area contributed by atoms with Crippen molar-refractivity contribution in [2.45, 2.75) is 20.8 Å². The largest absolute Gasteiger partial charge is 0.436 e. The average Bonchev–Trinajstić information content (AvgIpc) is 2.82. The minimum absolute atomic E-state index is 0.0282. The molecule has 0 unspecified atom stereocenters. The number of nitro groups is 1. The minimum Gasteiger partial charge on any atom is -0.436 e. The second-order valence-corrected chi connectivity index (χ2v) is 5.21. The highest BCUT2D eigenvalue weighted by Gasteiger charge is 2.16. The lowest BCUT2D eigenvalue weighted by atomic mass is 10.1. The number of oxazole rings is 1. The fraction of sp³-hybridized carbons (Fsp3) is 0.188. The predicted molar refractivity (Wildman–Crippen MR) is 80.3 cm³/mol. The van der Waals surface area contributed by atoms with Crippen LogP contribution in [0.15, 0.2) is 34.7 Å². The van der Waals surface area contributed by atoms with Gasteiger partial charge >= 0.3 is 0 Å². The molecular formula is C16H14N2O3. The zero-order valence-corrected chi connectivity index (χ0v) is 12.0. The molecule has 0 radical (unpaired) electrons. The number of non-ortho nitro benzene ring substituents is 1. The van der Waals surface area contributed by atoms with Crippen molar-refractivity contribution in [3.8, 4) is 11.5 Å². The van der Waals surface area contributed by atoms with E-state index >= 15 is 0 Å². The molecule has 106 valence electrons. The normalized spacial score (nSPS) is 11.0. The monoisotopic (exact) mass is 282 g/mol. The SMILES string of the molecule is Cc1ccc(-c2nc3cc([N+](=O)[O-])cc(C)c3o2)c(C)c1. The van der Waals surface area contributed by atoms with E-state index in [0.29, 0.717) is 22.6 Å². The second kappa shape index (κ2) is 4.70. The number of fused-ring (bicyclic) bond motifs is 1. The molecule has 0 spiro atoms. The number of hydrogen-bond acceptors (Lipinski definition) is 4. The number of hydrogen-bond donors (Lipinski definition) is 0. The summed E-state index contributed by atoms with van der Waals surface area (Å²) >= 11 is 0.